The van der Waals surface area contributed by atoms with Gasteiger partial charge in [0, 0.05) is 35.8 Å². The molecule has 4 saturated carbocycles. The molecule has 1 aromatic heterocycles. The number of rotatable bonds is 7. The van der Waals surface area contributed by atoms with Crippen LogP contribution in [0.1, 0.15) is 49.8 Å². The van der Waals surface area contributed by atoms with Crippen molar-refractivity contribution in [2.24, 2.45) is 23.7 Å². The van der Waals surface area contributed by atoms with E-state index in [-0.39, 0.29) is 11.9 Å². The molecular weight excluding hydrogens is 548 g/mol. The molecule has 39 heavy (non-hydrogen) atoms. The van der Waals surface area contributed by atoms with Gasteiger partial charge < -0.3 is 9.15 Å². The zero-order chi connectivity index (χ0) is 26.5. The minimum absolute atomic E-state index is 0.0752. The van der Waals surface area contributed by atoms with Gasteiger partial charge >= 0.3 is 0 Å². The predicted octanol–water partition coefficient (Wildman–Crippen LogP) is 6.89. The molecule has 1 aromatic carbocycles. The number of halogens is 1. The fraction of sp³-hybridized carbons (Fsp3) is 0.548. The second kappa shape index (κ2) is 11.0. The first-order valence-corrected chi connectivity index (χ1v) is 16.1. The summed E-state index contributed by atoms with van der Waals surface area (Å²) in [5.41, 5.74) is 2.11. The number of carbonyl (C=O) groups is 1. The molecule has 0 N–H and O–H groups in total. The standard InChI is InChI=1S/C31H35ClN2O3S2/c32-25-5-3-21(4-6-25)26-17-22(2-1-7-33-8-10-36-11-9-33)27(37-26)18-28-30(35)34(31(38)39-28)29-23-13-19-12-20(15-23)16-24(29)14-19/h3-6,17-20,23-24,29H,1-2,7-16H2. The molecule has 6 aliphatic rings. The van der Waals surface area contributed by atoms with Crippen LogP contribution in [0.25, 0.3) is 17.4 Å². The van der Waals surface area contributed by atoms with Crippen molar-refractivity contribution < 1.29 is 13.9 Å². The molecule has 0 spiro atoms. The van der Waals surface area contributed by atoms with E-state index in [1.54, 1.807) is 0 Å². The van der Waals surface area contributed by atoms with E-state index in [1.165, 1.54) is 43.9 Å². The lowest BCUT2D eigenvalue weighted by molar-refractivity contribution is -0.130. The highest BCUT2D eigenvalue weighted by molar-refractivity contribution is 8.26. The lowest BCUT2D eigenvalue weighted by Gasteiger charge is -2.56. The number of ether oxygens (including phenoxy) is 1. The fourth-order valence-corrected chi connectivity index (χ4v) is 9.45. The van der Waals surface area contributed by atoms with Crippen LogP contribution in [0.5, 0.6) is 0 Å². The van der Waals surface area contributed by atoms with Gasteiger partial charge in [0.25, 0.3) is 5.91 Å². The van der Waals surface area contributed by atoms with Gasteiger partial charge in [-0.15, -0.1) is 0 Å². The smallest absolute Gasteiger partial charge is 0.266 e. The highest BCUT2D eigenvalue weighted by Crippen LogP contribution is 2.56. The molecule has 6 fully saturated rings. The minimum atomic E-state index is 0.0752. The quantitative estimate of drug-likeness (QED) is 0.262. The molecule has 8 heteroatoms. The topological polar surface area (TPSA) is 45.9 Å². The Morgan fingerprint density at radius 3 is 2.41 bits per heavy atom. The largest absolute Gasteiger partial charge is 0.456 e. The van der Waals surface area contributed by atoms with Gasteiger partial charge in [-0.3, -0.25) is 14.6 Å². The molecule has 4 bridgehead atoms. The Kier molecular flexibility index (Phi) is 7.39. The van der Waals surface area contributed by atoms with Gasteiger partial charge in [0.2, 0.25) is 0 Å². The minimum Gasteiger partial charge on any atom is -0.456 e. The van der Waals surface area contributed by atoms with E-state index >= 15 is 0 Å². The van der Waals surface area contributed by atoms with Gasteiger partial charge in [-0.2, -0.15) is 0 Å². The van der Waals surface area contributed by atoms with Crippen LogP contribution in [0.2, 0.25) is 5.02 Å². The second-order valence-electron chi connectivity index (χ2n) is 12.0. The molecule has 2 saturated heterocycles. The van der Waals surface area contributed by atoms with Crippen LogP contribution in [-0.2, 0) is 16.0 Å². The van der Waals surface area contributed by atoms with Crippen LogP contribution in [0.4, 0.5) is 0 Å². The van der Waals surface area contributed by atoms with E-state index < -0.39 is 0 Å². The van der Waals surface area contributed by atoms with E-state index in [9.17, 15) is 4.79 Å². The van der Waals surface area contributed by atoms with Crippen molar-refractivity contribution in [1.29, 1.82) is 0 Å². The zero-order valence-corrected chi connectivity index (χ0v) is 24.5. The number of hydrogen-bond acceptors (Lipinski definition) is 6. The van der Waals surface area contributed by atoms with Crippen molar-refractivity contribution in [2.45, 2.75) is 51.0 Å². The third kappa shape index (κ3) is 5.26. The van der Waals surface area contributed by atoms with Gasteiger partial charge in [0.15, 0.2) is 0 Å². The Labute approximate surface area is 245 Å². The number of thiocarbonyl (C=S) groups is 1. The Hall–Kier alpha value is -1.64. The SMILES string of the molecule is O=C1C(=Cc2oc(-c3ccc(Cl)cc3)cc2CCCN2CCOCC2)SC(=S)N1C1C2CC3CC(C2)CC1C3. The molecule has 8 rings (SSSR count). The molecule has 0 atom stereocenters. The maximum Gasteiger partial charge on any atom is 0.266 e. The Balaban J connectivity index is 1.14. The first-order chi connectivity index (χ1) is 19.0. The van der Waals surface area contributed by atoms with Gasteiger partial charge in [-0.1, -0.05) is 35.6 Å². The van der Waals surface area contributed by atoms with E-state index in [4.69, 9.17) is 33.0 Å². The van der Waals surface area contributed by atoms with E-state index in [1.807, 2.05) is 35.2 Å². The number of furan rings is 1. The lowest BCUT2D eigenvalue weighted by atomic mass is 9.54. The third-order valence-electron chi connectivity index (χ3n) is 9.56. The van der Waals surface area contributed by atoms with E-state index in [0.717, 1.165) is 84.5 Å². The normalized spacial score (nSPS) is 31.7. The summed E-state index contributed by atoms with van der Waals surface area (Å²) in [7, 11) is 0. The van der Waals surface area contributed by atoms with Crippen LogP contribution in [-0.4, -0.2) is 58.9 Å². The summed E-state index contributed by atoms with van der Waals surface area (Å²) in [5, 5.41) is 0.699. The Morgan fingerprint density at radius 2 is 1.72 bits per heavy atom. The Bertz CT molecular complexity index is 1260. The van der Waals surface area contributed by atoms with Crippen LogP contribution in [0, 0.1) is 23.7 Å². The molecule has 4 aliphatic carbocycles. The van der Waals surface area contributed by atoms with Gasteiger partial charge in [-0.05, 0) is 111 Å². The summed E-state index contributed by atoms with van der Waals surface area (Å²) in [6.45, 7) is 4.62. The number of morpholine rings is 1. The van der Waals surface area contributed by atoms with Crippen molar-refractivity contribution in [2.75, 3.05) is 32.8 Å². The number of nitrogens with zero attached hydrogens (tertiary/aromatic N) is 2. The van der Waals surface area contributed by atoms with Gasteiger partial charge in [0.05, 0.1) is 18.1 Å². The molecule has 2 aliphatic heterocycles. The number of amides is 1. The van der Waals surface area contributed by atoms with Crippen molar-refractivity contribution in [3.05, 3.63) is 51.6 Å². The number of aryl methyl sites for hydroxylation is 1. The molecular formula is C31H35ClN2O3S2. The third-order valence-corrected chi connectivity index (χ3v) is 11.1. The number of carbonyl (C=O) groups excluding carboxylic acids is 1. The summed E-state index contributed by atoms with van der Waals surface area (Å²) in [4.78, 5) is 19.0. The molecule has 1 amide bonds. The molecule has 206 valence electrons. The van der Waals surface area contributed by atoms with E-state index in [0.29, 0.717) is 21.8 Å². The highest BCUT2D eigenvalue weighted by atomic mass is 35.5. The van der Waals surface area contributed by atoms with Crippen LogP contribution >= 0.6 is 35.6 Å². The highest BCUT2D eigenvalue weighted by Gasteiger charge is 2.53. The summed E-state index contributed by atoms with van der Waals surface area (Å²) >= 11 is 13.4. The average molecular weight is 583 g/mol. The first kappa shape index (κ1) is 26.3. The predicted molar refractivity (Wildman–Crippen MR) is 161 cm³/mol. The molecule has 3 heterocycles. The Morgan fingerprint density at radius 1 is 1.03 bits per heavy atom. The van der Waals surface area contributed by atoms with Crippen LogP contribution < -0.4 is 0 Å². The molecule has 2 aromatic rings. The summed E-state index contributed by atoms with van der Waals surface area (Å²) in [6.07, 6.45) is 10.3. The monoisotopic (exact) mass is 582 g/mol. The second-order valence-corrected chi connectivity index (χ2v) is 14.1. The molecule has 0 unspecified atom stereocenters. The van der Waals surface area contributed by atoms with Crippen LogP contribution in [0.3, 0.4) is 0 Å². The van der Waals surface area contributed by atoms with Crippen molar-refractivity contribution in [1.82, 2.24) is 9.80 Å². The average Bonchev–Trinajstić information content (AvgIpc) is 3.45. The number of thioether (sulfide) groups is 1. The van der Waals surface area contributed by atoms with Crippen LogP contribution in [0.15, 0.2) is 39.7 Å². The molecule has 5 nitrogen and oxygen atoms in total. The van der Waals surface area contributed by atoms with Crippen molar-refractivity contribution >= 4 is 51.9 Å². The maximum atomic E-state index is 13.9. The number of benzene rings is 1. The number of hydrogen-bond donors (Lipinski definition) is 0. The van der Waals surface area contributed by atoms with Crippen molar-refractivity contribution in [3.8, 4) is 11.3 Å². The van der Waals surface area contributed by atoms with Gasteiger partial charge in [-0.25, -0.2) is 0 Å². The van der Waals surface area contributed by atoms with E-state index in [2.05, 4.69) is 11.0 Å². The van der Waals surface area contributed by atoms with Gasteiger partial charge in [0.1, 0.15) is 15.8 Å². The molecule has 0 radical (unpaired) electrons. The first-order valence-electron chi connectivity index (χ1n) is 14.5. The summed E-state index contributed by atoms with van der Waals surface area (Å²) in [5.74, 6) is 4.60. The zero-order valence-electron chi connectivity index (χ0n) is 22.1. The fourth-order valence-electron chi connectivity index (χ4n) is 8.01. The maximum absolute atomic E-state index is 13.9. The summed E-state index contributed by atoms with van der Waals surface area (Å²) < 4.78 is 12.6. The van der Waals surface area contributed by atoms with Crippen molar-refractivity contribution in [3.63, 3.8) is 0 Å². The summed E-state index contributed by atoms with van der Waals surface area (Å²) in [6, 6.07) is 10.1. The lowest BCUT2D eigenvalue weighted by Crippen LogP contribution is -2.57.